The molecule has 2 heterocycles. The van der Waals surface area contributed by atoms with Crippen molar-refractivity contribution in [2.24, 2.45) is 7.05 Å². The van der Waals surface area contributed by atoms with E-state index < -0.39 is 10.0 Å². The maximum atomic E-state index is 13.2. The number of aryl methyl sites for hydroxylation is 2. The zero-order chi connectivity index (χ0) is 19.4. The van der Waals surface area contributed by atoms with E-state index in [1.54, 1.807) is 13.2 Å². The second kappa shape index (κ2) is 8.06. The van der Waals surface area contributed by atoms with Gasteiger partial charge >= 0.3 is 0 Å². The summed E-state index contributed by atoms with van der Waals surface area (Å²) in [6.45, 7) is 5.42. The van der Waals surface area contributed by atoms with Gasteiger partial charge in [0.15, 0.2) is 0 Å². The van der Waals surface area contributed by atoms with E-state index >= 15 is 0 Å². The standard InChI is InChI=1S/C19H25N5O2S/c1-4-24-16(2)18(12-21-24)14-23(11-10-17-8-6-5-7-9-17)27(25,26)19-13-20-22(3)15-19/h5-9,12-13,15H,4,10-11,14H2,1-3H3. The number of rotatable bonds is 8. The molecule has 0 spiro atoms. The fourth-order valence-corrected chi connectivity index (χ4v) is 4.42. The molecule has 0 unspecified atom stereocenters. The van der Waals surface area contributed by atoms with Gasteiger partial charge in [0, 0.05) is 44.1 Å². The van der Waals surface area contributed by atoms with Crippen molar-refractivity contribution in [1.82, 2.24) is 23.9 Å². The van der Waals surface area contributed by atoms with Gasteiger partial charge in [0.25, 0.3) is 0 Å². The van der Waals surface area contributed by atoms with E-state index in [-0.39, 0.29) is 11.4 Å². The van der Waals surface area contributed by atoms with Gasteiger partial charge in [0.1, 0.15) is 4.90 Å². The van der Waals surface area contributed by atoms with Gasteiger partial charge in [0.2, 0.25) is 10.0 Å². The summed E-state index contributed by atoms with van der Waals surface area (Å²) >= 11 is 0. The second-order valence-electron chi connectivity index (χ2n) is 6.49. The zero-order valence-corrected chi connectivity index (χ0v) is 16.7. The van der Waals surface area contributed by atoms with Crippen molar-refractivity contribution in [2.45, 2.75) is 38.3 Å². The Hall–Kier alpha value is -2.45. The summed E-state index contributed by atoms with van der Waals surface area (Å²) in [6.07, 6.45) is 5.33. The molecule has 0 N–H and O–H groups in total. The molecule has 2 aromatic heterocycles. The molecule has 7 nitrogen and oxygen atoms in total. The maximum Gasteiger partial charge on any atom is 0.246 e. The molecule has 0 radical (unpaired) electrons. The lowest BCUT2D eigenvalue weighted by Gasteiger charge is -2.21. The third-order valence-electron chi connectivity index (χ3n) is 4.66. The van der Waals surface area contributed by atoms with Gasteiger partial charge in [-0.1, -0.05) is 30.3 Å². The van der Waals surface area contributed by atoms with Crippen LogP contribution in [0.1, 0.15) is 23.7 Å². The van der Waals surface area contributed by atoms with Crippen LogP contribution in [0, 0.1) is 6.92 Å². The number of hydrogen-bond donors (Lipinski definition) is 0. The number of sulfonamides is 1. The van der Waals surface area contributed by atoms with Crippen LogP contribution in [0.5, 0.6) is 0 Å². The van der Waals surface area contributed by atoms with Crippen LogP contribution >= 0.6 is 0 Å². The van der Waals surface area contributed by atoms with Crippen LogP contribution in [0.4, 0.5) is 0 Å². The average molecular weight is 388 g/mol. The molecule has 3 rings (SSSR count). The summed E-state index contributed by atoms with van der Waals surface area (Å²) in [5.74, 6) is 0. The fraction of sp³-hybridized carbons (Fsp3) is 0.368. The van der Waals surface area contributed by atoms with Gasteiger partial charge in [0.05, 0.1) is 12.4 Å². The summed E-state index contributed by atoms with van der Waals surface area (Å²) in [5, 5.41) is 8.36. The fourth-order valence-electron chi connectivity index (χ4n) is 3.01. The number of aromatic nitrogens is 4. The van der Waals surface area contributed by atoms with E-state index in [9.17, 15) is 8.42 Å². The highest BCUT2D eigenvalue weighted by Crippen LogP contribution is 2.20. The first kappa shape index (κ1) is 19.3. The van der Waals surface area contributed by atoms with E-state index in [4.69, 9.17) is 0 Å². The van der Waals surface area contributed by atoms with E-state index in [0.717, 1.165) is 23.4 Å². The zero-order valence-electron chi connectivity index (χ0n) is 15.9. The van der Waals surface area contributed by atoms with Crippen LogP contribution in [0.15, 0.2) is 53.8 Å². The molecule has 0 saturated heterocycles. The highest BCUT2D eigenvalue weighted by Gasteiger charge is 2.27. The Balaban J connectivity index is 1.89. The lowest BCUT2D eigenvalue weighted by Crippen LogP contribution is -2.32. The summed E-state index contributed by atoms with van der Waals surface area (Å²) < 4.78 is 31.3. The molecule has 0 fully saturated rings. The molecule has 8 heteroatoms. The number of benzene rings is 1. The smallest absolute Gasteiger partial charge is 0.246 e. The molecular weight excluding hydrogens is 362 g/mol. The lowest BCUT2D eigenvalue weighted by atomic mass is 10.1. The first-order chi connectivity index (χ1) is 12.9. The van der Waals surface area contributed by atoms with Crippen molar-refractivity contribution in [1.29, 1.82) is 0 Å². The molecule has 0 aliphatic rings. The third-order valence-corrected chi connectivity index (χ3v) is 6.46. The summed E-state index contributed by atoms with van der Waals surface area (Å²) in [7, 11) is -1.94. The second-order valence-corrected chi connectivity index (χ2v) is 8.43. The van der Waals surface area contributed by atoms with E-state index in [0.29, 0.717) is 13.0 Å². The largest absolute Gasteiger partial charge is 0.274 e. The van der Waals surface area contributed by atoms with Crippen LogP contribution in [0.2, 0.25) is 0 Å². The predicted octanol–water partition coefficient (Wildman–Crippen LogP) is 2.38. The highest BCUT2D eigenvalue weighted by molar-refractivity contribution is 7.89. The Morgan fingerprint density at radius 2 is 1.85 bits per heavy atom. The monoisotopic (exact) mass is 387 g/mol. The normalized spacial score (nSPS) is 12.0. The molecule has 0 saturated carbocycles. The molecule has 0 aliphatic carbocycles. The number of nitrogens with zero attached hydrogens (tertiary/aromatic N) is 5. The van der Waals surface area contributed by atoms with Crippen molar-refractivity contribution in [3.8, 4) is 0 Å². The Kier molecular flexibility index (Phi) is 5.76. The summed E-state index contributed by atoms with van der Waals surface area (Å²) in [5.41, 5.74) is 3.01. The van der Waals surface area contributed by atoms with E-state index in [1.807, 2.05) is 48.9 Å². The molecule has 144 valence electrons. The SMILES string of the molecule is CCn1ncc(CN(CCc2ccccc2)S(=O)(=O)c2cnn(C)c2)c1C. The molecule has 3 aromatic rings. The molecule has 1 aromatic carbocycles. The van der Waals surface area contributed by atoms with Crippen molar-refractivity contribution in [3.05, 3.63) is 65.7 Å². The van der Waals surface area contributed by atoms with Crippen molar-refractivity contribution >= 4 is 10.0 Å². The summed E-state index contributed by atoms with van der Waals surface area (Å²) in [6, 6.07) is 9.90. The minimum Gasteiger partial charge on any atom is -0.274 e. The molecule has 27 heavy (non-hydrogen) atoms. The van der Waals surface area contributed by atoms with Crippen molar-refractivity contribution in [3.63, 3.8) is 0 Å². The van der Waals surface area contributed by atoms with Crippen molar-refractivity contribution in [2.75, 3.05) is 6.54 Å². The van der Waals surface area contributed by atoms with Crippen molar-refractivity contribution < 1.29 is 8.42 Å². The Bertz CT molecular complexity index is 992. The Labute approximate surface area is 160 Å². The first-order valence-corrected chi connectivity index (χ1v) is 10.4. The third kappa shape index (κ3) is 4.28. The van der Waals surface area contributed by atoms with Crippen LogP contribution < -0.4 is 0 Å². The molecule has 0 amide bonds. The first-order valence-electron chi connectivity index (χ1n) is 8.96. The number of hydrogen-bond acceptors (Lipinski definition) is 4. The van der Waals surface area contributed by atoms with Gasteiger partial charge < -0.3 is 0 Å². The van der Waals surface area contributed by atoms with E-state index in [1.165, 1.54) is 21.4 Å². The van der Waals surface area contributed by atoms with Crippen LogP contribution in [0.3, 0.4) is 0 Å². The summed E-state index contributed by atoms with van der Waals surface area (Å²) in [4.78, 5) is 0.207. The predicted molar refractivity (Wildman–Crippen MR) is 104 cm³/mol. The van der Waals surface area contributed by atoms with Gasteiger partial charge in [-0.25, -0.2) is 8.42 Å². The quantitative estimate of drug-likeness (QED) is 0.595. The topological polar surface area (TPSA) is 73.0 Å². The Morgan fingerprint density at radius 1 is 1.11 bits per heavy atom. The van der Waals surface area contributed by atoms with Crippen LogP contribution in [-0.2, 0) is 36.6 Å². The van der Waals surface area contributed by atoms with Crippen LogP contribution in [0.25, 0.3) is 0 Å². The molecule has 0 atom stereocenters. The molecule has 0 aliphatic heterocycles. The maximum absolute atomic E-state index is 13.2. The minimum absolute atomic E-state index is 0.207. The van der Waals surface area contributed by atoms with Gasteiger partial charge in [-0.05, 0) is 25.8 Å². The highest BCUT2D eigenvalue weighted by atomic mass is 32.2. The van der Waals surface area contributed by atoms with Gasteiger partial charge in [-0.15, -0.1) is 0 Å². The molecular formula is C19H25N5O2S. The van der Waals surface area contributed by atoms with Gasteiger partial charge in [-0.2, -0.15) is 14.5 Å². The van der Waals surface area contributed by atoms with Crippen LogP contribution in [-0.4, -0.2) is 38.8 Å². The lowest BCUT2D eigenvalue weighted by molar-refractivity contribution is 0.408. The van der Waals surface area contributed by atoms with Gasteiger partial charge in [-0.3, -0.25) is 9.36 Å². The minimum atomic E-state index is -3.65. The van der Waals surface area contributed by atoms with E-state index in [2.05, 4.69) is 10.2 Å². The Morgan fingerprint density at radius 3 is 2.44 bits per heavy atom. The average Bonchev–Trinajstić information content (AvgIpc) is 3.25. The molecule has 0 bridgehead atoms.